The van der Waals surface area contributed by atoms with Gasteiger partial charge in [-0.05, 0) is 38.9 Å². The standard InChI is InChI=1S/C25H37N7O2Si/c1-25(8-9-25)34-22-7-6-19-23(28-22)24(32(29-19)18-33-14-15-35(3,4)5)20-16-21(27-17-26-20)31-12-10-30(2)11-13-31/h6-7,16-17H,8-15,18H2,1-5H3. The number of nitrogens with zero attached hydrogens (tertiary/aromatic N) is 7. The maximum absolute atomic E-state index is 6.17. The average molecular weight is 496 g/mol. The monoisotopic (exact) mass is 495 g/mol. The number of piperazine rings is 1. The van der Waals surface area contributed by atoms with Gasteiger partial charge in [0.15, 0.2) is 0 Å². The number of hydrogen-bond acceptors (Lipinski definition) is 8. The molecular weight excluding hydrogens is 458 g/mol. The van der Waals surface area contributed by atoms with E-state index in [0.717, 1.165) is 79.9 Å². The van der Waals surface area contributed by atoms with E-state index < -0.39 is 8.07 Å². The Balaban J connectivity index is 1.48. The van der Waals surface area contributed by atoms with Gasteiger partial charge < -0.3 is 19.3 Å². The second-order valence-corrected chi connectivity index (χ2v) is 16.9. The second-order valence-electron chi connectivity index (χ2n) is 11.3. The van der Waals surface area contributed by atoms with Crippen molar-refractivity contribution in [3.8, 4) is 17.3 Å². The van der Waals surface area contributed by atoms with Crippen molar-refractivity contribution >= 4 is 24.9 Å². The summed E-state index contributed by atoms with van der Waals surface area (Å²) >= 11 is 0. The van der Waals surface area contributed by atoms with Gasteiger partial charge in [0.05, 0.1) is 5.69 Å². The normalized spacial score (nSPS) is 18.3. The van der Waals surface area contributed by atoms with Crippen molar-refractivity contribution < 1.29 is 9.47 Å². The lowest BCUT2D eigenvalue weighted by atomic mass is 10.2. The van der Waals surface area contributed by atoms with Crippen LogP contribution in [0, 0.1) is 0 Å². The lowest BCUT2D eigenvalue weighted by molar-refractivity contribution is 0.0802. The van der Waals surface area contributed by atoms with Crippen LogP contribution in [0.4, 0.5) is 5.82 Å². The molecule has 10 heteroatoms. The second kappa shape index (κ2) is 9.48. The fourth-order valence-electron chi connectivity index (χ4n) is 4.14. The van der Waals surface area contributed by atoms with Crippen LogP contribution < -0.4 is 9.64 Å². The summed E-state index contributed by atoms with van der Waals surface area (Å²) in [4.78, 5) is 18.8. The Kier molecular flexibility index (Phi) is 6.54. The first-order chi connectivity index (χ1) is 16.7. The van der Waals surface area contributed by atoms with Crippen LogP contribution in [0.3, 0.4) is 0 Å². The molecule has 35 heavy (non-hydrogen) atoms. The SMILES string of the molecule is CN1CCN(c2cc(-c3c4nc(OC5(C)CC5)ccc4nn3COCC[Si](C)(C)C)ncn2)CC1. The van der Waals surface area contributed by atoms with E-state index in [0.29, 0.717) is 12.6 Å². The van der Waals surface area contributed by atoms with Crippen molar-refractivity contribution in [2.75, 3.05) is 44.7 Å². The van der Waals surface area contributed by atoms with Crippen molar-refractivity contribution in [1.82, 2.24) is 29.6 Å². The van der Waals surface area contributed by atoms with E-state index >= 15 is 0 Å². The summed E-state index contributed by atoms with van der Waals surface area (Å²) in [6.45, 7) is 14.2. The maximum Gasteiger partial charge on any atom is 0.214 e. The van der Waals surface area contributed by atoms with E-state index in [4.69, 9.17) is 19.6 Å². The summed E-state index contributed by atoms with van der Waals surface area (Å²) in [5, 5.41) is 4.83. The van der Waals surface area contributed by atoms with Crippen LogP contribution in [0.15, 0.2) is 24.5 Å². The number of fused-ring (bicyclic) bond motifs is 1. The third-order valence-electron chi connectivity index (χ3n) is 6.80. The minimum Gasteiger partial charge on any atom is -0.471 e. The van der Waals surface area contributed by atoms with E-state index in [1.165, 1.54) is 0 Å². The van der Waals surface area contributed by atoms with Crippen molar-refractivity contribution in [1.29, 1.82) is 0 Å². The summed E-state index contributed by atoms with van der Waals surface area (Å²) in [5.41, 5.74) is 3.13. The van der Waals surface area contributed by atoms with Crippen LogP contribution in [-0.2, 0) is 11.5 Å². The first-order valence-corrected chi connectivity index (χ1v) is 16.3. The molecule has 3 aromatic heterocycles. The molecule has 1 saturated heterocycles. The van der Waals surface area contributed by atoms with E-state index in [2.05, 4.69) is 59.4 Å². The third kappa shape index (κ3) is 5.82. The average Bonchev–Trinajstić information content (AvgIpc) is 3.43. The Bertz CT molecular complexity index is 1180. The highest BCUT2D eigenvalue weighted by atomic mass is 28.3. The molecule has 0 unspecified atom stereocenters. The highest BCUT2D eigenvalue weighted by Crippen LogP contribution is 2.39. The molecule has 9 nitrogen and oxygen atoms in total. The van der Waals surface area contributed by atoms with Gasteiger partial charge in [-0.1, -0.05) is 19.6 Å². The topological polar surface area (TPSA) is 81.4 Å². The lowest BCUT2D eigenvalue weighted by Gasteiger charge is -2.33. The molecule has 2 aliphatic rings. The Morgan fingerprint density at radius 2 is 1.83 bits per heavy atom. The van der Waals surface area contributed by atoms with Gasteiger partial charge in [0, 0.05) is 53.0 Å². The summed E-state index contributed by atoms with van der Waals surface area (Å²) < 4.78 is 14.1. The van der Waals surface area contributed by atoms with Gasteiger partial charge in [0.2, 0.25) is 5.88 Å². The highest BCUT2D eigenvalue weighted by molar-refractivity contribution is 6.76. The molecule has 4 heterocycles. The van der Waals surface area contributed by atoms with Gasteiger partial charge in [-0.2, -0.15) is 5.10 Å². The fourth-order valence-corrected chi connectivity index (χ4v) is 4.90. The summed E-state index contributed by atoms with van der Waals surface area (Å²) in [6.07, 6.45) is 3.76. The van der Waals surface area contributed by atoms with Gasteiger partial charge in [0.25, 0.3) is 0 Å². The Hall–Kier alpha value is -2.56. The summed E-state index contributed by atoms with van der Waals surface area (Å²) in [6, 6.07) is 7.06. The van der Waals surface area contributed by atoms with Crippen molar-refractivity contribution in [3.63, 3.8) is 0 Å². The Labute approximate surface area is 208 Å². The molecule has 2 fully saturated rings. The number of pyridine rings is 1. The molecule has 5 rings (SSSR count). The van der Waals surface area contributed by atoms with Gasteiger partial charge in [0.1, 0.15) is 41.2 Å². The molecule has 0 radical (unpaired) electrons. The molecule has 188 valence electrons. The van der Waals surface area contributed by atoms with Crippen molar-refractivity contribution in [2.45, 2.75) is 57.8 Å². The number of hydrogen-bond donors (Lipinski definition) is 0. The summed E-state index contributed by atoms with van der Waals surface area (Å²) in [5.74, 6) is 1.56. The van der Waals surface area contributed by atoms with Gasteiger partial charge in [-0.15, -0.1) is 0 Å². The van der Waals surface area contributed by atoms with Crippen LogP contribution in [0.1, 0.15) is 19.8 Å². The summed E-state index contributed by atoms with van der Waals surface area (Å²) in [7, 11) is 0.982. The Morgan fingerprint density at radius 3 is 2.54 bits per heavy atom. The predicted octanol–water partition coefficient (Wildman–Crippen LogP) is 3.88. The van der Waals surface area contributed by atoms with Crippen LogP contribution in [0.5, 0.6) is 5.88 Å². The van der Waals surface area contributed by atoms with E-state index in [1.807, 2.05) is 16.8 Å². The molecule has 0 atom stereocenters. The fraction of sp³-hybridized carbons (Fsp3) is 0.600. The third-order valence-corrected chi connectivity index (χ3v) is 8.50. The van der Waals surface area contributed by atoms with E-state index in [1.54, 1.807) is 6.33 Å². The maximum atomic E-state index is 6.17. The smallest absolute Gasteiger partial charge is 0.214 e. The minimum atomic E-state index is -1.17. The minimum absolute atomic E-state index is 0.0969. The number of likely N-dealkylation sites (N-methyl/N-ethyl adjacent to an activating group) is 1. The van der Waals surface area contributed by atoms with Crippen LogP contribution in [0.2, 0.25) is 25.7 Å². The molecule has 1 aliphatic heterocycles. The number of anilines is 1. The van der Waals surface area contributed by atoms with Gasteiger partial charge >= 0.3 is 0 Å². The molecule has 1 aliphatic carbocycles. The zero-order chi connectivity index (χ0) is 24.6. The first-order valence-electron chi connectivity index (χ1n) is 12.6. The van der Waals surface area contributed by atoms with Crippen molar-refractivity contribution in [2.24, 2.45) is 0 Å². The molecule has 0 N–H and O–H groups in total. The van der Waals surface area contributed by atoms with E-state index in [9.17, 15) is 0 Å². The lowest BCUT2D eigenvalue weighted by Crippen LogP contribution is -2.44. The zero-order valence-corrected chi connectivity index (χ0v) is 22.6. The number of aromatic nitrogens is 5. The van der Waals surface area contributed by atoms with Crippen LogP contribution >= 0.6 is 0 Å². The number of rotatable bonds is 9. The molecule has 1 saturated carbocycles. The molecule has 0 spiro atoms. The zero-order valence-electron chi connectivity index (χ0n) is 21.6. The van der Waals surface area contributed by atoms with Gasteiger partial charge in [-0.25, -0.2) is 19.6 Å². The molecule has 0 amide bonds. The van der Waals surface area contributed by atoms with E-state index in [-0.39, 0.29) is 5.60 Å². The predicted molar refractivity (Wildman–Crippen MR) is 141 cm³/mol. The van der Waals surface area contributed by atoms with Crippen molar-refractivity contribution in [3.05, 3.63) is 24.5 Å². The van der Waals surface area contributed by atoms with Gasteiger partial charge in [-0.3, -0.25) is 0 Å². The van der Waals surface area contributed by atoms with Crippen LogP contribution in [-0.4, -0.2) is 83.1 Å². The van der Waals surface area contributed by atoms with Crippen LogP contribution in [0.25, 0.3) is 22.4 Å². The number of ether oxygens (including phenoxy) is 2. The Morgan fingerprint density at radius 1 is 1.06 bits per heavy atom. The molecule has 0 aromatic carbocycles. The first kappa shape index (κ1) is 24.1. The molecule has 3 aromatic rings. The quantitative estimate of drug-likeness (QED) is 0.327. The largest absolute Gasteiger partial charge is 0.471 e. The molecular formula is C25H37N7O2Si. The highest BCUT2D eigenvalue weighted by Gasteiger charge is 2.40. The molecule has 0 bridgehead atoms.